The molecule has 39 heavy (non-hydrogen) atoms. The molecule has 1 saturated carbocycles. The van der Waals surface area contributed by atoms with Crippen molar-refractivity contribution in [2.45, 2.75) is 84.1 Å². The molecule has 4 N–H and O–H groups in total. The lowest BCUT2D eigenvalue weighted by Crippen LogP contribution is -2.61. The van der Waals surface area contributed by atoms with E-state index in [-0.39, 0.29) is 23.8 Å². The van der Waals surface area contributed by atoms with E-state index in [0.717, 1.165) is 24.0 Å². The van der Waals surface area contributed by atoms with Gasteiger partial charge in [-0.2, -0.15) is 13.2 Å². The number of carbonyl (C=O) groups excluding carboxylic acids is 4. The Kier molecular flexibility index (Phi) is 7.23. The van der Waals surface area contributed by atoms with Gasteiger partial charge in [0, 0.05) is 24.9 Å². The topological polar surface area (TPSA) is 134 Å². The molecule has 0 radical (unpaired) electrons. The molecule has 2 unspecified atom stereocenters. The summed E-state index contributed by atoms with van der Waals surface area (Å²) in [6.45, 7) is 8.71. The lowest BCUT2D eigenvalue weighted by molar-refractivity contribution is -0.176. The average Bonchev–Trinajstić information content (AvgIpc) is 3.16. The van der Waals surface area contributed by atoms with Gasteiger partial charge in [-0.1, -0.05) is 34.6 Å². The van der Waals surface area contributed by atoms with Crippen molar-refractivity contribution >= 4 is 23.6 Å². The fraction of sp³-hybridized carbons (Fsp3) is 0.667. The predicted molar refractivity (Wildman–Crippen MR) is 135 cm³/mol. The number of nitrogens with two attached hydrogens (primary N) is 1. The average molecular weight is 552 g/mol. The zero-order valence-electron chi connectivity index (χ0n) is 22.8. The molecule has 4 rings (SSSR count). The molecule has 1 aromatic heterocycles. The minimum Gasteiger partial charge on any atom is -0.368 e. The molecule has 3 aliphatic rings. The number of halogens is 3. The number of likely N-dealkylation sites (tertiary alicyclic amines) is 1. The number of nitrogens with zero attached hydrogens (tertiary/aromatic N) is 2. The van der Waals surface area contributed by atoms with E-state index < -0.39 is 59.3 Å². The number of fused-ring (bicyclic) bond motifs is 2. The lowest BCUT2D eigenvalue weighted by atomic mass is 9.79. The van der Waals surface area contributed by atoms with Gasteiger partial charge in [0.25, 0.3) is 0 Å². The van der Waals surface area contributed by atoms with E-state index in [0.29, 0.717) is 6.42 Å². The van der Waals surface area contributed by atoms with E-state index >= 15 is 0 Å². The Balaban J connectivity index is 1.61. The first-order valence-electron chi connectivity index (χ1n) is 13.2. The summed E-state index contributed by atoms with van der Waals surface area (Å²) >= 11 is 0. The highest BCUT2D eigenvalue weighted by Gasteiger charge is 2.70. The van der Waals surface area contributed by atoms with Crippen LogP contribution in [0, 0.1) is 22.7 Å². The Morgan fingerprint density at radius 3 is 2.41 bits per heavy atom. The van der Waals surface area contributed by atoms with Gasteiger partial charge in [0.15, 0.2) is 0 Å². The second-order valence-corrected chi connectivity index (χ2v) is 12.6. The molecule has 2 fully saturated rings. The quantitative estimate of drug-likeness (QED) is 0.498. The van der Waals surface area contributed by atoms with E-state index in [1.54, 1.807) is 33.2 Å². The summed E-state index contributed by atoms with van der Waals surface area (Å²) in [6.07, 6.45) is 0.375. The smallest absolute Gasteiger partial charge is 0.368 e. The van der Waals surface area contributed by atoms with Crippen LogP contribution in [0.25, 0.3) is 0 Å². The molecule has 0 spiro atoms. The van der Waals surface area contributed by atoms with Gasteiger partial charge in [0.2, 0.25) is 17.7 Å². The molecule has 214 valence electrons. The lowest BCUT2D eigenvalue weighted by Gasteiger charge is -2.38. The third-order valence-corrected chi connectivity index (χ3v) is 8.72. The Bertz CT molecular complexity index is 1180. The highest BCUT2D eigenvalue weighted by molar-refractivity contribution is 5.96. The molecule has 1 saturated heterocycles. The van der Waals surface area contributed by atoms with Crippen molar-refractivity contribution in [1.29, 1.82) is 0 Å². The molecule has 1 aromatic rings. The molecule has 9 nitrogen and oxygen atoms in total. The molecule has 0 aromatic carbocycles. The van der Waals surface area contributed by atoms with E-state index in [9.17, 15) is 32.3 Å². The fourth-order valence-electron chi connectivity index (χ4n) is 6.46. The van der Waals surface area contributed by atoms with E-state index in [1.807, 2.05) is 25.2 Å². The van der Waals surface area contributed by atoms with Crippen LogP contribution in [0.2, 0.25) is 0 Å². The number of aryl methyl sites for hydroxylation is 1. The van der Waals surface area contributed by atoms with Crippen molar-refractivity contribution in [3.8, 4) is 0 Å². The Morgan fingerprint density at radius 1 is 1.15 bits per heavy atom. The number of hydrogen-bond acceptors (Lipinski definition) is 5. The standard InChI is InChI=1S/C27H36F3N5O4/c1-25(2,3)20(34-24(39)27(28,29)30)23(38)35-12-16-17(26(16,4)5)19(35)22(37)33-18(21(31)36)14-8-6-7-13-9-10-32-11-15(13)14/h9-11,14,16-20H,6-8,12H2,1-5H3,(H2,31,36)(H,33,37)(H,34,39)/t14?,16-,17-,18?,19-,20+/m0/s1. The number of alkyl halides is 3. The third kappa shape index (κ3) is 5.34. The molecular weight excluding hydrogens is 515 g/mol. The minimum absolute atomic E-state index is 0.0530. The van der Waals surface area contributed by atoms with Crippen LogP contribution < -0.4 is 16.4 Å². The fourth-order valence-corrected chi connectivity index (χ4v) is 6.46. The summed E-state index contributed by atoms with van der Waals surface area (Å²) in [5.74, 6) is -5.01. The summed E-state index contributed by atoms with van der Waals surface area (Å²) in [5.41, 5.74) is 6.26. The molecule has 12 heteroatoms. The molecule has 1 aliphatic heterocycles. The van der Waals surface area contributed by atoms with Gasteiger partial charge in [0.1, 0.15) is 18.1 Å². The number of nitrogens with one attached hydrogen (secondary N) is 2. The van der Waals surface area contributed by atoms with Crippen LogP contribution in [0.4, 0.5) is 13.2 Å². The van der Waals surface area contributed by atoms with E-state index in [1.165, 1.54) is 4.90 Å². The van der Waals surface area contributed by atoms with Gasteiger partial charge in [-0.25, -0.2) is 0 Å². The first-order valence-corrected chi connectivity index (χ1v) is 13.2. The molecule has 4 amide bonds. The minimum atomic E-state index is -5.17. The van der Waals surface area contributed by atoms with Crippen LogP contribution in [0.15, 0.2) is 18.5 Å². The monoisotopic (exact) mass is 551 g/mol. The SMILES string of the molecule is CC(C)(C)[C@H](NC(=O)C(F)(F)F)C(=O)N1C[C@H]2[C@@H]([C@H]1C(=O)NC(C(N)=O)C1CCCc3ccncc31)C2(C)C. The van der Waals surface area contributed by atoms with Crippen LogP contribution in [-0.4, -0.2) is 64.4 Å². The largest absolute Gasteiger partial charge is 0.471 e. The Morgan fingerprint density at radius 2 is 1.82 bits per heavy atom. The predicted octanol–water partition coefficient (Wildman–Crippen LogP) is 2.05. The zero-order valence-corrected chi connectivity index (χ0v) is 22.8. The van der Waals surface area contributed by atoms with Gasteiger partial charge in [-0.3, -0.25) is 24.2 Å². The van der Waals surface area contributed by atoms with Gasteiger partial charge in [-0.15, -0.1) is 0 Å². The van der Waals surface area contributed by atoms with Gasteiger partial charge in [-0.05, 0) is 59.1 Å². The van der Waals surface area contributed by atoms with Gasteiger partial charge < -0.3 is 21.3 Å². The normalized spacial score (nSPS) is 27.0. The number of amides is 4. The number of rotatable bonds is 6. The Labute approximate surface area is 225 Å². The van der Waals surface area contributed by atoms with Crippen LogP contribution in [-0.2, 0) is 25.6 Å². The summed E-state index contributed by atoms with van der Waals surface area (Å²) in [4.78, 5) is 57.3. The summed E-state index contributed by atoms with van der Waals surface area (Å²) < 4.78 is 39.2. The number of carbonyl (C=O) groups is 4. The zero-order chi connectivity index (χ0) is 29.1. The maximum atomic E-state index is 13.8. The summed E-state index contributed by atoms with van der Waals surface area (Å²) in [6, 6.07) is -1.73. The van der Waals surface area contributed by atoms with Crippen molar-refractivity contribution in [2.75, 3.05) is 6.54 Å². The summed E-state index contributed by atoms with van der Waals surface area (Å²) in [5, 5.41) is 4.63. The van der Waals surface area contributed by atoms with Crippen LogP contribution in [0.3, 0.4) is 0 Å². The first kappa shape index (κ1) is 28.8. The molecule has 6 atom stereocenters. The van der Waals surface area contributed by atoms with Gasteiger partial charge >= 0.3 is 12.1 Å². The molecule has 2 aliphatic carbocycles. The Hall–Kier alpha value is -3.18. The maximum absolute atomic E-state index is 13.8. The van der Waals surface area contributed by atoms with E-state index in [4.69, 9.17) is 5.73 Å². The van der Waals surface area contributed by atoms with Crippen LogP contribution >= 0.6 is 0 Å². The second kappa shape index (κ2) is 9.78. The van der Waals surface area contributed by atoms with Crippen molar-refractivity contribution in [3.05, 3.63) is 29.6 Å². The number of hydrogen-bond donors (Lipinski definition) is 3. The van der Waals surface area contributed by atoms with Crippen molar-refractivity contribution < 1.29 is 32.3 Å². The van der Waals surface area contributed by atoms with Crippen molar-refractivity contribution in [3.63, 3.8) is 0 Å². The van der Waals surface area contributed by atoms with E-state index in [2.05, 4.69) is 10.3 Å². The third-order valence-electron chi connectivity index (χ3n) is 8.72. The molecule has 0 bridgehead atoms. The number of piperidine rings is 1. The molecule has 2 heterocycles. The first-order chi connectivity index (χ1) is 18.0. The van der Waals surface area contributed by atoms with Crippen molar-refractivity contribution in [2.24, 2.45) is 28.4 Å². The number of pyridine rings is 1. The second-order valence-electron chi connectivity index (χ2n) is 12.6. The highest BCUT2D eigenvalue weighted by Crippen LogP contribution is 2.65. The van der Waals surface area contributed by atoms with Gasteiger partial charge in [0.05, 0.1) is 0 Å². The summed E-state index contributed by atoms with van der Waals surface area (Å²) in [7, 11) is 0. The molecular formula is C27H36F3N5O4. The number of aromatic nitrogens is 1. The van der Waals surface area contributed by atoms with Crippen LogP contribution in [0.1, 0.15) is 64.5 Å². The van der Waals surface area contributed by atoms with Crippen LogP contribution in [0.5, 0.6) is 0 Å². The van der Waals surface area contributed by atoms with Crippen molar-refractivity contribution in [1.82, 2.24) is 20.5 Å². The highest BCUT2D eigenvalue weighted by atomic mass is 19.4. The maximum Gasteiger partial charge on any atom is 0.471 e. The number of primary amides is 1.